The summed E-state index contributed by atoms with van der Waals surface area (Å²) in [5, 5.41) is 7.48. The first-order valence-corrected chi connectivity index (χ1v) is 11.7. The Morgan fingerprint density at radius 3 is 2.43 bits per heavy atom. The van der Waals surface area contributed by atoms with Crippen molar-refractivity contribution in [3.05, 3.63) is 77.4 Å². The summed E-state index contributed by atoms with van der Waals surface area (Å²) in [7, 11) is 0. The maximum absolute atomic E-state index is 14.0. The molecule has 1 saturated heterocycles. The predicted octanol–water partition coefficient (Wildman–Crippen LogP) is 2.23. The molecule has 0 saturated carbocycles. The number of rotatable bonds is 8. The summed E-state index contributed by atoms with van der Waals surface area (Å²) in [5.41, 5.74) is 6.76. The minimum atomic E-state index is -1.16. The Morgan fingerprint density at radius 2 is 1.81 bits per heavy atom. The van der Waals surface area contributed by atoms with Gasteiger partial charge in [0.15, 0.2) is 0 Å². The molecule has 3 atom stereocenters. The zero-order valence-electron chi connectivity index (χ0n) is 20.5. The van der Waals surface area contributed by atoms with Gasteiger partial charge in [0.25, 0.3) is 0 Å². The van der Waals surface area contributed by atoms with Crippen molar-refractivity contribution in [2.24, 2.45) is 5.73 Å². The average Bonchev–Trinajstić information content (AvgIpc) is 3.24. The number of likely N-dealkylation sites (tertiary alicyclic amines) is 1. The van der Waals surface area contributed by atoms with Crippen molar-refractivity contribution in [2.75, 3.05) is 11.9 Å². The van der Waals surface area contributed by atoms with Crippen LogP contribution in [0.25, 0.3) is 0 Å². The highest BCUT2D eigenvalue weighted by Crippen LogP contribution is 2.21. The molecule has 196 valence electrons. The highest BCUT2D eigenvalue weighted by molar-refractivity contribution is 5.97. The molecule has 1 fully saturated rings. The largest absolute Gasteiger partial charge is 0.368 e. The van der Waals surface area contributed by atoms with Crippen molar-refractivity contribution in [3.63, 3.8) is 0 Å². The third-order valence-electron chi connectivity index (χ3n) is 5.80. The quantitative estimate of drug-likeness (QED) is 0.403. The molecule has 1 aliphatic heterocycles. The van der Waals surface area contributed by atoms with Crippen LogP contribution < -0.4 is 21.7 Å². The lowest BCUT2D eigenvalue weighted by Gasteiger charge is -2.28. The van der Waals surface area contributed by atoms with Gasteiger partial charge < -0.3 is 26.6 Å². The Labute approximate surface area is 213 Å². The van der Waals surface area contributed by atoms with Gasteiger partial charge in [-0.05, 0) is 38.0 Å². The molecule has 9 nitrogen and oxygen atoms in total. The lowest BCUT2D eigenvalue weighted by Crippen LogP contribution is -2.58. The molecule has 5 amide bonds. The molecule has 0 aliphatic carbocycles. The molecule has 0 bridgehead atoms. The van der Waals surface area contributed by atoms with Gasteiger partial charge in [0.2, 0.25) is 17.7 Å². The molecule has 11 heteroatoms. The summed E-state index contributed by atoms with van der Waals surface area (Å²) in [6.45, 7) is 3.61. The van der Waals surface area contributed by atoms with Crippen molar-refractivity contribution < 1.29 is 28.0 Å². The van der Waals surface area contributed by atoms with Gasteiger partial charge in [-0.3, -0.25) is 14.4 Å². The Bertz CT molecular complexity index is 1200. The molecule has 0 aromatic heterocycles. The number of hydrogen-bond acceptors (Lipinski definition) is 4. The van der Waals surface area contributed by atoms with E-state index in [-0.39, 0.29) is 25.1 Å². The lowest BCUT2D eigenvalue weighted by molar-refractivity contribution is -0.137. The summed E-state index contributed by atoms with van der Waals surface area (Å²) in [4.78, 5) is 52.2. The molecule has 5 N–H and O–H groups in total. The fourth-order valence-corrected chi connectivity index (χ4v) is 4.09. The molecule has 1 heterocycles. The van der Waals surface area contributed by atoms with E-state index in [4.69, 9.17) is 5.73 Å². The van der Waals surface area contributed by atoms with Gasteiger partial charge in [0, 0.05) is 25.1 Å². The van der Waals surface area contributed by atoms with Crippen LogP contribution in [0.4, 0.5) is 19.3 Å². The van der Waals surface area contributed by atoms with Crippen LogP contribution in [0.2, 0.25) is 0 Å². The molecule has 0 radical (unpaired) electrons. The molecule has 2 aromatic carbocycles. The number of benzene rings is 2. The normalized spacial score (nSPS) is 17.5. The molecule has 3 rings (SSSR count). The van der Waals surface area contributed by atoms with Gasteiger partial charge in [-0.25, -0.2) is 13.6 Å². The number of amides is 5. The highest BCUT2D eigenvalue weighted by atomic mass is 19.1. The minimum Gasteiger partial charge on any atom is -0.368 e. The maximum Gasteiger partial charge on any atom is 0.319 e. The maximum atomic E-state index is 14.0. The summed E-state index contributed by atoms with van der Waals surface area (Å²) < 4.78 is 27.1. The van der Waals surface area contributed by atoms with Crippen LogP contribution in [0.3, 0.4) is 0 Å². The van der Waals surface area contributed by atoms with Crippen LogP contribution in [-0.4, -0.2) is 53.3 Å². The number of carbonyl (C=O) groups excluding carboxylic acids is 4. The van der Waals surface area contributed by atoms with Crippen molar-refractivity contribution >= 4 is 29.4 Å². The lowest BCUT2D eigenvalue weighted by atomic mass is 10.0. The fourth-order valence-electron chi connectivity index (χ4n) is 4.09. The molecular formula is C26H29F2N5O4. The highest BCUT2D eigenvalue weighted by Gasteiger charge is 2.43. The van der Waals surface area contributed by atoms with Crippen LogP contribution in [0.5, 0.6) is 0 Å². The number of anilines is 1. The van der Waals surface area contributed by atoms with Gasteiger partial charge >= 0.3 is 6.03 Å². The number of nitrogens with one attached hydrogen (secondary N) is 3. The fraction of sp³-hybridized carbons (Fsp3) is 0.308. The van der Waals surface area contributed by atoms with E-state index in [0.29, 0.717) is 11.6 Å². The first kappa shape index (κ1) is 27.3. The van der Waals surface area contributed by atoms with Crippen LogP contribution in [-0.2, 0) is 20.8 Å². The Kier molecular flexibility index (Phi) is 8.94. The van der Waals surface area contributed by atoms with Gasteiger partial charge in [-0.1, -0.05) is 35.9 Å². The smallest absolute Gasteiger partial charge is 0.319 e. The van der Waals surface area contributed by atoms with Gasteiger partial charge in [0.05, 0.1) is 11.7 Å². The van der Waals surface area contributed by atoms with Crippen molar-refractivity contribution in [3.8, 4) is 0 Å². The van der Waals surface area contributed by atoms with E-state index >= 15 is 0 Å². The van der Waals surface area contributed by atoms with E-state index in [9.17, 15) is 28.0 Å². The topological polar surface area (TPSA) is 134 Å². The summed E-state index contributed by atoms with van der Waals surface area (Å²) in [6, 6.07) is 7.70. The zero-order valence-corrected chi connectivity index (χ0v) is 20.5. The van der Waals surface area contributed by atoms with E-state index < -0.39 is 53.5 Å². The number of nitrogens with zero attached hydrogens (tertiary/aromatic N) is 1. The first-order valence-electron chi connectivity index (χ1n) is 11.7. The third-order valence-corrected chi connectivity index (χ3v) is 5.80. The van der Waals surface area contributed by atoms with E-state index in [1.165, 1.54) is 11.0 Å². The van der Waals surface area contributed by atoms with Crippen LogP contribution in [0, 0.1) is 11.6 Å². The van der Waals surface area contributed by atoms with E-state index in [0.717, 1.165) is 17.7 Å². The SMILES string of the molecule is CC(C)=CC(=O)N1CCC(NC(=O)Nc2ccc(F)cc2F)C1C(=O)NC(Cc1ccccc1)C(N)=O. The number of halogens is 2. The monoisotopic (exact) mass is 513 g/mol. The van der Waals surface area contributed by atoms with Crippen LogP contribution in [0.1, 0.15) is 25.8 Å². The number of nitrogens with two attached hydrogens (primary N) is 1. The molecule has 2 aromatic rings. The number of urea groups is 1. The molecule has 1 aliphatic rings. The molecular weight excluding hydrogens is 484 g/mol. The van der Waals surface area contributed by atoms with Gasteiger partial charge in [-0.15, -0.1) is 0 Å². The Balaban J connectivity index is 1.79. The Hall–Kier alpha value is -4.28. The zero-order chi connectivity index (χ0) is 27.1. The number of allylic oxidation sites excluding steroid dienone is 1. The van der Waals surface area contributed by atoms with E-state index in [1.807, 2.05) is 6.07 Å². The first-order chi connectivity index (χ1) is 17.5. The number of primary amides is 1. The van der Waals surface area contributed by atoms with Gasteiger partial charge in [-0.2, -0.15) is 0 Å². The summed E-state index contributed by atoms with van der Waals surface area (Å²) in [6.07, 6.45) is 1.73. The number of carbonyl (C=O) groups is 4. The van der Waals surface area contributed by atoms with Crippen molar-refractivity contribution in [1.29, 1.82) is 0 Å². The molecule has 37 heavy (non-hydrogen) atoms. The van der Waals surface area contributed by atoms with Crippen molar-refractivity contribution in [2.45, 2.75) is 44.8 Å². The average molecular weight is 514 g/mol. The second-order valence-electron chi connectivity index (χ2n) is 8.97. The van der Waals surface area contributed by atoms with Gasteiger partial charge in [0.1, 0.15) is 23.7 Å². The summed E-state index contributed by atoms with van der Waals surface area (Å²) >= 11 is 0. The minimum absolute atomic E-state index is 0.138. The number of hydrogen-bond donors (Lipinski definition) is 4. The second-order valence-corrected chi connectivity index (χ2v) is 8.97. The predicted molar refractivity (Wildman–Crippen MR) is 133 cm³/mol. The van der Waals surface area contributed by atoms with Crippen LogP contribution in [0.15, 0.2) is 60.2 Å². The van der Waals surface area contributed by atoms with E-state index in [1.54, 1.807) is 38.1 Å². The van der Waals surface area contributed by atoms with Crippen LogP contribution >= 0.6 is 0 Å². The van der Waals surface area contributed by atoms with E-state index in [2.05, 4.69) is 16.0 Å². The third kappa shape index (κ3) is 7.35. The standard InChI is InChI=1S/C26H29F2N5O4/c1-15(2)12-22(34)33-11-10-20(32-26(37)31-19-9-8-17(27)14-18(19)28)23(33)25(36)30-21(24(29)35)13-16-6-4-3-5-7-16/h3-9,12,14,20-21,23H,10-11,13H2,1-2H3,(H2,29,35)(H,30,36)(H2,31,32,37). The molecule has 0 spiro atoms. The summed E-state index contributed by atoms with van der Waals surface area (Å²) in [5.74, 6) is -3.64. The molecule has 3 unspecified atom stereocenters. The Morgan fingerprint density at radius 1 is 1.11 bits per heavy atom. The van der Waals surface area contributed by atoms with Crippen molar-refractivity contribution in [1.82, 2.24) is 15.5 Å². The second kappa shape index (κ2) is 12.1.